The van der Waals surface area contributed by atoms with Crippen LogP contribution in [-0.4, -0.2) is 22.1 Å². The molecule has 5 heteroatoms. The molecule has 2 rings (SSSR count). The first kappa shape index (κ1) is 18.0. The molecule has 0 saturated carbocycles. The van der Waals surface area contributed by atoms with Crippen LogP contribution in [0, 0.1) is 0 Å². The Morgan fingerprint density at radius 1 is 1.21 bits per heavy atom. The smallest absolute Gasteiger partial charge is 0.189 e. The van der Waals surface area contributed by atoms with Crippen molar-refractivity contribution in [2.24, 2.45) is 10.7 Å². The van der Waals surface area contributed by atoms with Crippen LogP contribution in [-0.2, 0) is 19.5 Å². The van der Waals surface area contributed by atoms with E-state index in [2.05, 4.69) is 51.0 Å². The average Bonchev–Trinajstić information content (AvgIpc) is 3.06. The van der Waals surface area contributed by atoms with E-state index < -0.39 is 0 Å². The number of nitrogens with one attached hydrogen (secondary N) is 1. The number of nitrogens with zero attached hydrogens (tertiary/aromatic N) is 3. The number of unbranched alkanes of at least 4 members (excludes halogenated alkanes) is 3. The molecule has 130 valence electrons. The maximum Gasteiger partial charge on any atom is 0.189 e. The Morgan fingerprint density at radius 2 is 2.04 bits per heavy atom. The first-order valence-electron chi connectivity index (χ1n) is 8.87. The quantitative estimate of drug-likeness (QED) is 0.400. The number of aliphatic imine (C=N–C) groups is 1. The lowest BCUT2D eigenvalue weighted by Gasteiger charge is -2.08. The minimum Gasteiger partial charge on any atom is -0.370 e. The molecule has 2 aromatic rings. The second-order valence-corrected chi connectivity index (χ2v) is 5.96. The van der Waals surface area contributed by atoms with Crippen LogP contribution in [0.1, 0.15) is 44.0 Å². The zero-order valence-electron chi connectivity index (χ0n) is 14.6. The maximum atomic E-state index is 5.92. The van der Waals surface area contributed by atoms with Gasteiger partial charge in [0.1, 0.15) is 12.4 Å². The van der Waals surface area contributed by atoms with E-state index in [1.165, 1.54) is 24.8 Å². The average molecular weight is 327 g/mol. The predicted molar refractivity (Wildman–Crippen MR) is 99.8 cm³/mol. The summed E-state index contributed by atoms with van der Waals surface area (Å²) in [5.74, 6) is 1.45. The Labute approximate surface area is 145 Å². The van der Waals surface area contributed by atoms with E-state index in [9.17, 15) is 0 Å². The van der Waals surface area contributed by atoms with Crippen molar-refractivity contribution < 1.29 is 0 Å². The van der Waals surface area contributed by atoms with Gasteiger partial charge in [-0.2, -0.15) is 0 Å². The first-order valence-corrected chi connectivity index (χ1v) is 8.87. The molecule has 0 fully saturated rings. The third-order valence-electron chi connectivity index (χ3n) is 4.01. The fraction of sp³-hybridized carbons (Fsp3) is 0.474. The van der Waals surface area contributed by atoms with Gasteiger partial charge in [-0.1, -0.05) is 56.5 Å². The third-order valence-corrected chi connectivity index (χ3v) is 4.01. The standard InChI is InChI=1S/C19H29N5/c1-2-3-4-8-12-22-19(20)23-16-18-21-13-15-24(18)14-11-17-9-6-5-7-10-17/h5-7,9-10,13,15H,2-4,8,11-12,14,16H2,1H3,(H3,20,22,23). The van der Waals surface area contributed by atoms with Gasteiger partial charge in [-0.3, -0.25) is 0 Å². The second-order valence-electron chi connectivity index (χ2n) is 5.96. The van der Waals surface area contributed by atoms with Crippen molar-refractivity contribution in [2.45, 2.75) is 52.1 Å². The van der Waals surface area contributed by atoms with Crippen LogP contribution < -0.4 is 11.1 Å². The lowest BCUT2D eigenvalue weighted by atomic mass is 10.1. The minimum atomic E-state index is 0.504. The molecule has 1 heterocycles. The highest BCUT2D eigenvalue weighted by Gasteiger charge is 2.03. The fourth-order valence-corrected chi connectivity index (χ4v) is 2.57. The van der Waals surface area contributed by atoms with Gasteiger partial charge >= 0.3 is 0 Å². The molecule has 0 aliphatic heterocycles. The Kier molecular flexibility index (Phi) is 7.87. The molecule has 1 aromatic carbocycles. The summed E-state index contributed by atoms with van der Waals surface area (Å²) in [5.41, 5.74) is 7.25. The summed E-state index contributed by atoms with van der Waals surface area (Å²) in [6.45, 7) is 4.51. The molecule has 0 bridgehead atoms. The normalized spacial score (nSPS) is 11.6. The van der Waals surface area contributed by atoms with Crippen LogP contribution in [0.4, 0.5) is 0 Å². The molecule has 5 nitrogen and oxygen atoms in total. The van der Waals surface area contributed by atoms with E-state index >= 15 is 0 Å². The monoisotopic (exact) mass is 327 g/mol. The SMILES string of the molecule is CCCCCCNC(N)=NCc1nccn1CCc1ccccc1. The molecule has 0 atom stereocenters. The zero-order valence-corrected chi connectivity index (χ0v) is 14.6. The number of hydrogen-bond acceptors (Lipinski definition) is 2. The van der Waals surface area contributed by atoms with Crippen LogP contribution in [0.3, 0.4) is 0 Å². The van der Waals surface area contributed by atoms with Crippen molar-refractivity contribution in [3.8, 4) is 0 Å². The third kappa shape index (κ3) is 6.44. The Morgan fingerprint density at radius 3 is 2.83 bits per heavy atom. The van der Waals surface area contributed by atoms with E-state index in [1.807, 2.05) is 18.5 Å². The van der Waals surface area contributed by atoms with Crippen molar-refractivity contribution in [1.82, 2.24) is 14.9 Å². The van der Waals surface area contributed by atoms with Gasteiger partial charge in [0.2, 0.25) is 0 Å². The van der Waals surface area contributed by atoms with Gasteiger partial charge in [-0.05, 0) is 18.4 Å². The molecule has 0 amide bonds. The van der Waals surface area contributed by atoms with Crippen molar-refractivity contribution in [3.05, 3.63) is 54.1 Å². The van der Waals surface area contributed by atoms with Gasteiger partial charge < -0.3 is 15.6 Å². The highest BCUT2D eigenvalue weighted by molar-refractivity contribution is 5.77. The summed E-state index contributed by atoms with van der Waals surface area (Å²) in [6, 6.07) is 10.5. The maximum absolute atomic E-state index is 5.92. The highest BCUT2D eigenvalue weighted by atomic mass is 15.1. The fourth-order valence-electron chi connectivity index (χ4n) is 2.57. The van der Waals surface area contributed by atoms with E-state index in [0.29, 0.717) is 12.5 Å². The molecule has 1 aromatic heterocycles. The summed E-state index contributed by atoms with van der Waals surface area (Å²) < 4.78 is 2.14. The van der Waals surface area contributed by atoms with E-state index in [-0.39, 0.29) is 0 Å². The summed E-state index contributed by atoms with van der Waals surface area (Å²) in [6.07, 6.45) is 9.70. The summed E-state index contributed by atoms with van der Waals surface area (Å²) in [7, 11) is 0. The molecular formula is C19H29N5. The number of nitrogens with two attached hydrogens (primary N) is 1. The lowest BCUT2D eigenvalue weighted by Crippen LogP contribution is -2.32. The first-order chi connectivity index (χ1) is 11.8. The number of aryl methyl sites for hydroxylation is 2. The molecule has 24 heavy (non-hydrogen) atoms. The Balaban J connectivity index is 1.76. The van der Waals surface area contributed by atoms with E-state index in [0.717, 1.165) is 31.8 Å². The van der Waals surface area contributed by atoms with Gasteiger partial charge in [0.25, 0.3) is 0 Å². The minimum absolute atomic E-state index is 0.504. The zero-order chi connectivity index (χ0) is 17.0. The molecule has 3 N–H and O–H groups in total. The molecule has 0 saturated heterocycles. The number of imidazole rings is 1. The van der Waals surface area contributed by atoms with Crippen molar-refractivity contribution in [2.75, 3.05) is 6.54 Å². The molecule has 0 aliphatic carbocycles. The molecule has 0 radical (unpaired) electrons. The van der Waals surface area contributed by atoms with Gasteiger partial charge in [-0.25, -0.2) is 9.98 Å². The summed E-state index contributed by atoms with van der Waals surface area (Å²) >= 11 is 0. The van der Waals surface area contributed by atoms with Crippen molar-refractivity contribution in [1.29, 1.82) is 0 Å². The number of hydrogen-bond donors (Lipinski definition) is 2. The Bertz CT molecular complexity index is 603. The van der Waals surface area contributed by atoms with Crippen molar-refractivity contribution >= 4 is 5.96 Å². The lowest BCUT2D eigenvalue weighted by molar-refractivity contribution is 0.644. The summed E-state index contributed by atoms with van der Waals surface area (Å²) in [4.78, 5) is 8.79. The van der Waals surface area contributed by atoms with Crippen LogP contribution >= 0.6 is 0 Å². The van der Waals surface area contributed by atoms with Gasteiger partial charge in [0.15, 0.2) is 5.96 Å². The van der Waals surface area contributed by atoms with Crippen molar-refractivity contribution in [3.63, 3.8) is 0 Å². The van der Waals surface area contributed by atoms with Gasteiger partial charge in [-0.15, -0.1) is 0 Å². The van der Waals surface area contributed by atoms with Crippen LogP contribution in [0.2, 0.25) is 0 Å². The number of aromatic nitrogens is 2. The number of benzene rings is 1. The number of guanidine groups is 1. The molecule has 0 spiro atoms. The molecule has 0 unspecified atom stereocenters. The van der Waals surface area contributed by atoms with Crippen LogP contribution in [0.15, 0.2) is 47.7 Å². The molecular weight excluding hydrogens is 298 g/mol. The topological polar surface area (TPSA) is 68.2 Å². The van der Waals surface area contributed by atoms with E-state index in [1.54, 1.807) is 0 Å². The number of rotatable bonds is 10. The van der Waals surface area contributed by atoms with Gasteiger partial charge in [0, 0.05) is 25.5 Å². The summed E-state index contributed by atoms with van der Waals surface area (Å²) in [5, 5.41) is 3.17. The molecule has 0 aliphatic rings. The predicted octanol–water partition coefficient (Wildman–Crippen LogP) is 3.11. The van der Waals surface area contributed by atoms with Crippen LogP contribution in [0.25, 0.3) is 0 Å². The van der Waals surface area contributed by atoms with Crippen LogP contribution in [0.5, 0.6) is 0 Å². The highest BCUT2D eigenvalue weighted by Crippen LogP contribution is 2.05. The second kappa shape index (κ2) is 10.5. The van der Waals surface area contributed by atoms with Gasteiger partial charge in [0.05, 0.1) is 0 Å². The van der Waals surface area contributed by atoms with E-state index in [4.69, 9.17) is 5.73 Å². The largest absolute Gasteiger partial charge is 0.370 e. The Hall–Kier alpha value is -2.30.